The third-order valence-corrected chi connectivity index (χ3v) is 3.58. The normalized spacial score (nSPS) is 10.8. The lowest BCUT2D eigenvalue weighted by Gasteiger charge is -1.93. The van der Waals surface area contributed by atoms with E-state index in [1.807, 2.05) is 24.3 Å². The van der Waals surface area contributed by atoms with Crippen molar-refractivity contribution >= 4 is 33.2 Å². The van der Waals surface area contributed by atoms with Gasteiger partial charge in [-0.15, -0.1) is 11.3 Å². The Morgan fingerprint density at radius 1 is 1.06 bits per heavy atom. The molecule has 0 N–H and O–H groups in total. The number of pyridine rings is 1. The first-order valence-corrected chi connectivity index (χ1v) is 6.00. The Labute approximate surface area is 102 Å². The quantitative estimate of drug-likeness (QED) is 0.607. The largest absolute Gasteiger partial charge is 0.244 e. The molecule has 2 heterocycles. The summed E-state index contributed by atoms with van der Waals surface area (Å²) in [6.07, 6.45) is 1.75. The molecule has 0 spiro atoms. The van der Waals surface area contributed by atoms with Crippen molar-refractivity contribution in [1.82, 2.24) is 9.97 Å². The van der Waals surface area contributed by atoms with Crippen LogP contribution in [0.1, 0.15) is 0 Å². The predicted octanol–water partition coefficient (Wildman–Crippen LogP) is 4.01. The second-order valence-electron chi connectivity index (χ2n) is 3.36. The molecule has 0 bridgehead atoms. The molecule has 16 heavy (non-hydrogen) atoms. The number of thiazole rings is 1. The van der Waals surface area contributed by atoms with Crippen LogP contribution < -0.4 is 0 Å². The second-order valence-corrected chi connectivity index (χ2v) is 4.77. The summed E-state index contributed by atoms with van der Waals surface area (Å²) >= 11 is 7.41. The lowest BCUT2D eigenvalue weighted by Crippen LogP contribution is -1.78. The molecule has 0 saturated carbocycles. The van der Waals surface area contributed by atoms with Crippen molar-refractivity contribution in [3.63, 3.8) is 0 Å². The Morgan fingerprint density at radius 2 is 1.94 bits per heavy atom. The van der Waals surface area contributed by atoms with Gasteiger partial charge in [0.1, 0.15) is 10.2 Å². The molecule has 1 aromatic carbocycles. The third-order valence-electron chi connectivity index (χ3n) is 2.27. The lowest BCUT2D eigenvalue weighted by atomic mass is 10.3. The van der Waals surface area contributed by atoms with E-state index in [9.17, 15) is 0 Å². The van der Waals surface area contributed by atoms with Gasteiger partial charge in [0, 0.05) is 11.8 Å². The molecule has 0 aliphatic rings. The van der Waals surface area contributed by atoms with Crippen LogP contribution in [0.25, 0.3) is 20.8 Å². The SMILES string of the molecule is Clc1ccc(-c2nc3ccccc3s2)cn1. The van der Waals surface area contributed by atoms with Gasteiger partial charge in [0.25, 0.3) is 0 Å². The van der Waals surface area contributed by atoms with E-state index in [4.69, 9.17) is 11.6 Å². The first-order valence-electron chi connectivity index (χ1n) is 4.80. The van der Waals surface area contributed by atoms with Gasteiger partial charge in [0.15, 0.2) is 0 Å². The Kier molecular flexibility index (Phi) is 2.35. The van der Waals surface area contributed by atoms with Gasteiger partial charge in [0.05, 0.1) is 10.2 Å². The fourth-order valence-electron chi connectivity index (χ4n) is 1.50. The van der Waals surface area contributed by atoms with Gasteiger partial charge in [-0.05, 0) is 24.3 Å². The molecule has 78 valence electrons. The third kappa shape index (κ3) is 1.68. The number of benzene rings is 1. The van der Waals surface area contributed by atoms with Gasteiger partial charge >= 0.3 is 0 Å². The maximum atomic E-state index is 5.75. The highest BCUT2D eigenvalue weighted by atomic mass is 35.5. The summed E-state index contributed by atoms with van der Waals surface area (Å²) in [5, 5.41) is 1.48. The molecule has 0 aliphatic carbocycles. The number of halogens is 1. The number of fused-ring (bicyclic) bond motifs is 1. The fourth-order valence-corrected chi connectivity index (χ4v) is 2.57. The highest BCUT2D eigenvalue weighted by Gasteiger charge is 2.05. The van der Waals surface area contributed by atoms with Gasteiger partial charge in [-0.1, -0.05) is 23.7 Å². The highest BCUT2D eigenvalue weighted by molar-refractivity contribution is 7.21. The zero-order chi connectivity index (χ0) is 11.0. The van der Waals surface area contributed by atoms with Crippen LogP contribution in [0.3, 0.4) is 0 Å². The van der Waals surface area contributed by atoms with Gasteiger partial charge in [-0.3, -0.25) is 0 Å². The minimum atomic E-state index is 0.505. The minimum Gasteiger partial charge on any atom is -0.244 e. The fraction of sp³-hybridized carbons (Fsp3) is 0. The van der Waals surface area contributed by atoms with E-state index >= 15 is 0 Å². The van der Waals surface area contributed by atoms with Crippen LogP contribution in [0.2, 0.25) is 5.15 Å². The number of rotatable bonds is 1. The predicted molar refractivity (Wildman–Crippen MR) is 67.9 cm³/mol. The van der Waals surface area contributed by atoms with Gasteiger partial charge in [-0.2, -0.15) is 0 Å². The summed E-state index contributed by atoms with van der Waals surface area (Å²) in [7, 11) is 0. The molecule has 0 unspecified atom stereocenters. The number of para-hydroxylation sites is 1. The molecule has 0 radical (unpaired) electrons. The Morgan fingerprint density at radius 3 is 2.69 bits per heavy atom. The maximum Gasteiger partial charge on any atom is 0.129 e. The Bertz CT molecular complexity index is 598. The number of hydrogen-bond acceptors (Lipinski definition) is 3. The molecular formula is C12H7ClN2S. The zero-order valence-corrected chi connectivity index (χ0v) is 9.79. The van der Waals surface area contributed by atoms with Crippen molar-refractivity contribution in [3.05, 3.63) is 47.7 Å². The van der Waals surface area contributed by atoms with E-state index in [0.717, 1.165) is 16.1 Å². The number of nitrogens with zero attached hydrogens (tertiary/aromatic N) is 2. The maximum absolute atomic E-state index is 5.75. The number of hydrogen-bond donors (Lipinski definition) is 0. The summed E-state index contributed by atoms with van der Waals surface area (Å²) in [5.41, 5.74) is 2.03. The molecule has 2 aromatic heterocycles. The summed E-state index contributed by atoms with van der Waals surface area (Å²) in [4.78, 5) is 8.61. The summed E-state index contributed by atoms with van der Waals surface area (Å²) in [5.74, 6) is 0. The van der Waals surface area contributed by atoms with Crippen LogP contribution in [-0.2, 0) is 0 Å². The molecule has 0 atom stereocenters. The Hall–Kier alpha value is -1.45. The molecule has 3 rings (SSSR count). The molecular weight excluding hydrogens is 240 g/mol. The minimum absolute atomic E-state index is 0.505. The van der Waals surface area contributed by atoms with E-state index in [1.165, 1.54) is 4.70 Å². The Balaban J connectivity index is 2.15. The lowest BCUT2D eigenvalue weighted by molar-refractivity contribution is 1.32. The second kappa shape index (κ2) is 3.85. The molecule has 0 aliphatic heterocycles. The topological polar surface area (TPSA) is 25.8 Å². The van der Waals surface area contributed by atoms with Crippen molar-refractivity contribution in [1.29, 1.82) is 0 Å². The monoisotopic (exact) mass is 246 g/mol. The molecule has 4 heteroatoms. The van der Waals surface area contributed by atoms with Crippen molar-refractivity contribution in [2.24, 2.45) is 0 Å². The van der Waals surface area contributed by atoms with Crippen LogP contribution in [0.4, 0.5) is 0 Å². The van der Waals surface area contributed by atoms with E-state index in [1.54, 1.807) is 23.6 Å². The molecule has 2 nitrogen and oxygen atoms in total. The van der Waals surface area contributed by atoms with Gasteiger partial charge in [-0.25, -0.2) is 9.97 Å². The van der Waals surface area contributed by atoms with E-state index < -0.39 is 0 Å². The average Bonchev–Trinajstić information content (AvgIpc) is 2.73. The van der Waals surface area contributed by atoms with E-state index in [0.29, 0.717) is 5.15 Å². The van der Waals surface area contributed by atoms with Gasteiger partial charge < -0.3 is 0 Å². The number of aromatic nitrogens is 2. The molecule has 3 aromatic rings. The first kappa shape index (κ1) is 9.75. The van der Waals surface area contributed by atoms with Crippen LogP contribution >= 0.6 is 22.9 Å². The van der Waals surface area contributed by atoms with Crippen LogP contribution in [0.5, 0.6) is 0 Å². The zero-order valence-electron chi connectivity index (χ0n) is 8.22. The molecule has 0 fully saturated rings. The van der Waals surface area contributed by atoms with Gasteiger partial charge in [0.2, 0.25) is 0 Å². The molecule has 0 saturated heterocycles. The van der Waals surface area contributed by atoms with Crippen molar-refractivity contribution in [2.75, 3.05) is 0 Å². The van der Waals surface area contributed by atoms with Crippen LogP contribution in [0.15, 0.2) is 42.6 Å². The van der Waals surface area contributed by atoms with Crippen molar-refractivity contribution < 1.29 is 0 Å². The average molecular weight is 247 g/mol. The smallest absolute Gasteiger partial charge is 0.129 e. The summed E-state index contributed by atoms with van der Waals surface area (Å²) < 4.78 is 1.19. The van der Waals surface area contributed by atoms with Crippen LogP contribution in [0, 0.1) is 0 Å². The molecule has 0 amide bonds. The van der Waals surface area contributed by atoms with Crippen molar-refractivity contribution in [2.45, 2.75) is 0 Å². The highest BCUT2D eigenvalue weighted by Crippen LogP contribution is 2.29. The summed E-state index contributed by atoms with van der Waals surface area (Å²) in [6.45, 7) is 0. The van der Waals surface area contributed by atoms with E-state index in [-0.39, 0.29) is 0 Å². The standard InChI is InChI=1S/C12H7ClN2S/c13-11-6-5-8(7-14-11)12-15-9-3-1-2-4-10(9)16-12/h1-7H. The van der Waals surface area contributed by atoms with Crippen molar-refractivity contribution in [3.8, 4) is 10.6 Å². The van der Waals surface area contributed by atoms with E-state index in [2.05, 4.69) is 16.0 Å². The first-order chi connectivity index (χ1) is 7.83. The summed E-state index contributed by atoms with van der Waals surface area (Å²) in [6, 6.07) is 11.8. The van der Waals surface area contributed by atoms with Crippen LogP contribution in [-0.4, -0.2) is 9.97 Å².